The maximum atomic E-state index is 11.4. The average molecular weight is 193 g/mol. The standard InChI is InChI=1S/C7H15NO3S/c1-6-5-11-4-3-7(6)12(9,10)8-2/h6-8H,3-5H2,1-2H3/t6-,7+/m0/s1. The number of sulfonamides is 1. The molecule has 1 saturated heterocycles. The molecule has 0 radical (unpaired) electrons. The Balaban J connectivity index is 2.72. The Bertz CT molecular complexity index is 237. The van der Waals surface area contributed by atoms with Crippen LogP contribution >= 0.6 is 0 Å². The van der Waals surface area contributed by atoms with Gasteiger partial charge in [0.25, 0.3) is 0 Å². The Labute approximate surface area is 73.3 Å². The van der Waals surface area contributed by atoms with Crippen LogP contribution in [0.25, 0.3) is 0 Å². The maximum Gasteiger partial charge on any atom is 0.214 e. The van der Waals surface area contributed by atoms with Crippen LogP contribution in [0.3, 0.4) is 0 Å². The summed E-state index contributed by atoms with van der Waals surface area (Å²) in [5.74, 6) is 0.0937. The van der Waals surface area contributed by atoms with Crippen LogP contribution in [-0.2, 0) is 14.8 Å². The van der Waals surface area contributed by atoms with Crippen LogP contribution in [0.4, 0.5) is 0 Å². The van der Waals surface area contributed by atoms with E-state index in [-0.39, 0.29) is 11.2 Å². The lowest BCUT2D eigenvalue weighted by molar-refractivity contribution is 0.0635. The van der Waals surface area contributed by atoms with E-state index in [1.807, 2.05) is 6.92 Å². The van der Waals surface area contributed by atoms with E-state index in [0.29, 0.717) is 19.6 Å². The highest BCUT2D eigenvalue weighted by Crippen LogP contribution is 2.20. The van der Waals surface area contributed by atoms with Crippen molar-refractivity contribution in [3.8, 4) is 0 Å². The molecule has 5 heteroatoms. The second-order valence-electron chi connectivity index (χ2n) is 3.13. The Hall–Kier alpha value is -0.130. The highest BCUT2D eigenvalue weighted by molar-refractivity contribution is 7.90. The predicted octanol–water partition coefficient (Wildman–Crippen LogP) is -0.0394. The zero-order valence-corrected chi connectivity index (χ0v) is 8.23. The predicted molar refractivity (Wildman–Crippen MR) is 46.4 cm³/mol. The van der Waals surface area contributed by atoms with Crippen LogP contribution in [0.5, 0.6) is 0 Å². The van der Waals surface area contributed by atoms with Gasteiger partial charge >= 0.3 is 0 Å². The summed E-state index contributed by atoms with van der Waals surface area (Å²) in [5, 5.41) is -0.281. The van der Waals surface area contributed by atoms with Crippen LogP contribution < -0.4 is 4.72 Å². The SMILES string of the molecule is CNS(=O)(=O)[C@@H]1CCOC[C@@H]1C. The van der Waals surface area contributed by atoms with Gasteiger partial charge in [-0.3, -0.25) is 0 Å². The van der Waals surface area contributed by atoms with Crippen molar-refractivity contribution in [2.75, 3.05) is 20.3 Å². The maximum absolute atomic E-state index is 11.4. The highest BCUT2D eigenvalue weighted by atomic mass is 32.2. The van der Waals surface area contributed by atoms with Crippen molar-refractivity contribution >= 4 is 10.0 Å². The Morgan fingerprint density at radius 3 is 2.67 bits per heavy atom. The fraction of sp³-hybridized carbons (Fsp3) is 1.00. The van der Waals surface area contributed by atoms with Gasteiger partial charge in [0.2, 0.25) is 10.0 Å². The lowest BCUT2D eigenvalue weighted by Gasteiger charge is -2.27. The van der Waals surface area contributed by atoms with Gasteiger partial charge < -0.3 is 4.74 Å². The van der Waals surface area contributed by atoms with Gasteiger partial charge in [0.1, 0.15) is 0 Å². The van der Waals surface area contributed by atoms with Crippen LogP contribution in [0.1, 0.15) is 13.3 Å². The summed E-state index contributed by atoms with van der Waals surface area (Å²) < 4.78 is 30.3. The summed E-state index contributed by atoms with van der Waals surface area (Å²) in [7, 11) is -1.64. The number of hydrogen-bond acceptors (Lipinski definition) is 3. The van der Waals surface area contributed by atoms with Crippen molar-refractivity contribution in [3.63, 3.8) is 0 Å². The second kappa shape index (κ2) is 3.72. The van der Waals surface area contributed by atoms with Crippen LogP contribution in [-0.4, -0.2) is 33.9 Å². The first-order valence-corrected chi connectivity index (χ1v) is 5.62. The summed E-state index contributed by atoms with van der Waals surface area (Å²) >= 11 is 0. The molecule has 1 heterocycles. The zero-order chi connectivity index (χ0) is 9.19. The van der Waals surface area contributed by atoms with Crippen molar-refractivity contribution in [1.29, 1.82) is 0 Å². The largest absolute Gasteiger partial charge is 0.381 e. The number of rotatable bonds is 2. The van der Waals surface area contributed by atoms with E-state index in [1.165, 1.54) is 7.05 Å². The molecule has 12 heavy (non-hydrogen) atoms. The van der Waals surface area contributed by atoms with Crippen LogP contribution in [0, 0.1) is 5.92 Å². The third-order valence-electron chi connectivity index (χ3n) is 2.25. The molecular weight excluding hydrogens is 178 g/mol. The molecule has 0 bridgehead atoms. The monoisotopic (exact) mass is 193 g/mol. The molecule has 0 aromatic carbocycles. The molecule has 0 aromatic heterocycles. The Morgan fingerprint density at radius 2 is 2.17 bits per heavy atom. The second-order valence-corrected chi connectivity index (χ2v) is 5.23. The van der Waals surface area contributed by atoms with Crippen molar-refractivity contribution in [3.05, 3.63) is 0 Å². The Kier molecular flexibility index (Phi) is 3.09. The summed E-state index contributed by atoms with van der Waals surface area (Å²) in [6.07, 6.45) is 0.602. The molecule has 72 valence electrons. The molecule has 1 rings (SSSR count). The van der Waals surface area contributed by atoms with E-state index in [9.17, 15) is 8.42 Å². The van der Waals surface area contributed by atoms with Crippen LogP contribution in [0.15, 0.2) is 0 Å². The van der Waals surface area contributed by atoms with Crippen molar-refractivity contribution in [2.24, 2.45) is 5.92 Å². The van der Waals surface area contributed by atoms with Gasteiger partial charge in [-0.1, -0.05) is 6.92 Å². The molecule has 1 N–H and O–H groups in total. The summed E-state index contributed by atoms with van der Waals surface area (Å²) in [5.41, 5.74) is 0. The van der Waals surface area contributed by atoms with Gasteiger partial charge in [-0.2, -0.15) is 0 Å². The van der Waals surface area contributed by atoms with E-state index in [4.69, 9.17) is 4.74 Å². The van der Waals surface area contributed by atoms with Crippen molar-refractivity contribution in [1.82, 2.24) is 4.72 Å². The van der Waals surface area contributed by atoms with Gasteiger partial charge in [0, 0.05) is 6.61 Å². The van der Waals surface area contributed by atoms with Gasteiger partial charge in [-0.05, 0) is 19.4 Å². The molecule has 1 aliphatic rings. The first-order valence-electron chi connectivity index (χ1n) is 4.08. The number of nitrogens with one attached hydrogen (secondary N) is 1. The van der Waals surface area contributed by atoms with Gasteiger partial charge in [-0.25, -0.2) is 13.1 Å². The minimum Gasteiger partial charge on any atom is -0.381 e. The molecule has 0 unspecified atom stereocenters. The fourth-order valence-corrected chi connectivity index (χ4v) is 2.87. The molecule has 2 atom stereocenters. The van der Waals surface area contributed by atoms with E-state index < -0.39 is 10.0 Å². The molecule has 0 spiro atoms. The molecule has 0 saturated carbocycles. The first-order chi connectivity index (χ1) is 5.58. The minimum atomic E-state index is -3.10. The number of hydrogen-bond donors (Lipinski definition) is 1. The molecule has 0 amide bonds. The van der Waals surface area contributed by atoms with E-state index in [2.05, 4.69) is 4.72 Å². The average Bonchev–Trinajstić information content (AvgIpc) is 2.05. The zero-order valence-electron chi connectivity index (χ0n) is 7.41. The molecule has 1 aliphatic heterocycles. The number of ether oxygens (including phenoxy) is 1. The molecule has 0 aliphatic carbocycles. The lowest BCUT2D eigenvalue weighted by Crippen LogP contribution is -2.41. The van der Waals surface area contributed by atoms with E-state index >= 15 is 0 Å². The highest BCUT2D eigenvalue weighted by Gasteiger charge is 2.32. The first kappa shape index (κ1) is 9.95. The van der Waals surface area contributed by atoms with Crippen LogP contribution in [0.2, 0.25) is 0 Å². The molecular formula is C7H15NO3S. The van der Waals surface area contributed by atoms with Gasteiger partial charge in [-0.15, -0.1) is 0 Å². The smallest absolute Gasteiger partial charge is 0.214 e. The molecule has 0 aromatic rings. The van der Waals surface area contributed by atoms with Crippen molar-refractivity contribution < 1.29 is 13.2 Å². The molecule has 1 fully saturated rings. The van der Waals surface area contributed by atoms with Gasteiger partial charge in [0.05, 0.1) is 11.9 Å². The third kappa shape index (κ3) is 1.97. The van der Waals surface area contributed by atoms with Crippen molar-refractivity contribution in [2.45, 2.75) is 18.6 Å². The summed E-state index contributed by atoms with van der Waals surface area (Å²) in [4.78, 5) is 0. The van der Waals surface area contributed by atoms with E-state index in [0.717, 1.165) is 0 Å². The quantitative estimate of drug-likeness (QED) is 0.669. The normalized spacial score (nSPS) is 31.8. The Morgan fingerprint density at radius 1 is 1.50 bits per heavy atom. The topological polar surface area (TPSA) is 55.4 Å². The summed E-state index contributed by atoms with van der Waals surface area (Å²) in [6.45, 7) is 3.00. The molecule has 4 nitrogen and oxygen atoms in total. The third-order valence-corrected chi connectivity index (χ3v) is 4.31. The lowest BCUT2D eigenvalue weighted by atomic mass is 10.0. The fourth-order valence-electron chi connectivity index (χ4n) is 1.47. The minimum absolute atomic E-state index is 0.0937. The van der Waals surface area contributed by atoms with Gasteiger partial charge in [0.15, 0.2) is 0 Å². The summed E-state index contributed by atoms with van der Waals surface area (Å²) in [6, 6.07) is 0. The van der Waals surface area contributed by atoms with E-state index in [1.54, 1.807) is 0 Å².